The van der Waals surface area contributed by atoms with Crippen molar-refractivity contribution in [3.05, 3.63) is 53.1 Å². The molecule has 0 N–H and O–H groups in total. The van der Waals surface area contributed by atoms with Gasteiger partial charge in [-0.05, 0) is 30.3 Å². The van der Waals surface area contributed by atoms with E-state index in [0.717, 1.165) is 17.1 Å². The molecule has 2 aromatic carbocycles. The second-order valence-corrected chi connectivity index (χ2v) is 4.44. The number of ether oxygens (including phenoxy) is 1. The van der Waals surface area contributed by atoms with Crippen LogP contribution in [0, 0.1) is 11.3 Å². The lowest BCUT2D eigenvalue weighted by molar-refractivity contribution is 0.415. The van der Waals surface area contributed by atoms with Crippen LogP contribution in [0.25, 0.3) is 0 Å². The molecule has 4 heteroatoms. The number of benzene rings is 2. The minimum atomic E-state index is 0.453. The van der Waals surface area contributed by atoms with Gasteiger partial charge in [0.2, 0.25) is 0 Å². The van der Waals surface area contributed by atoms with Crippen molar-refractivity contribution in [3.63, 3.8) is 0 Å². The summed E-state index contributed by atoms with van der Waals surface area (Å²) in [7, 11) is 3.57. The van der Waals surface area contributed by atoms with Crippen molar-refractivity contribution in [1.29, 1.82) is 5.26 Å². The monoisotopic (exact) mass is 272 g/mol. The van der Waals surface area contributed by atoms with E-state index in [1.54, 1.807) is 19.2 Å². The van der Waals surface area contributed by atoms with E-state index >= 15 is 0 Å². The summed E-state index contributed by atoms with van der Waals surface area (Å²) in [6.07, 6.45) is 0. The summed E-state index contributed by atoms with van der Waals surface area (Å²) in [6.45, 7) is 0. The van der Waals surface area contributed by atoms with E-state index in [0.29, 0.717) is 10.6 Å². The van der Waals surface area contributed by atoms with Crippen LogP contribution in [0.5, 0.6) is 5.75 Å². The highest BCUT2D eigenvalue weighted by Gasteiger charge is 2.07. The molecule has 0 aliphatic carbocycles. The van der Waals surface area contributed by atoms with Gasteiger partial charge in [0.25, 0.3) is 0 Å². The van der Waals surface area contributed by atoms with Crippen molar-refractivity contribution in [1.82, 2.24) is 0 Å². The van der Waals surface area contributed by atoms with Gasteiger partial charge in [0.1, 0.15) is 11.8 Å². The quantitative estimate of drug-likeness (QED) is 0.848. The second-order valence-electron chi connectivity index (χ2n) is 4.04. The molecule has 2 rings (SSSR count). The second kappa shape index (κ2) is 5.64. The first-order valence-corrected chi connectivity index (χ1v) is 6.11. The van der Waals surface area contributed by atoms with Gasteiger partial charge in [-0.25, -0.2) is 0 Å². The van der Waals surface area contributed by atoms with Crippen LogP contribution in [-0.4, -0.2) is 14.2 Å². The molecule has 0 unspecified atom stereocenters. The Hall–Kier alpha value is -2.18. The van der Waals surface area contributed by atoms with Crippen LogP contribution < -0.4 is 9.64 Å². The van der Waals surface area contributed by atoms with Crippen LogP contribution in [0.3, 0.4) is 0 Å². The maximum absolute atomic E-state index is 8.87. The van der Waals surface area contributed by atoms with Crippen molar-refractivity contribution in [2.24, 2.45) is 0 Å². The zero-order valence-electron chi connectivity index (χ0n) is 10.7. The third-order valence-corrected chi connectivity index (χ3v) is 3.21. The van der Waals surface area contributed by atoms with Gasteiger partial charge < -0.3 is 9.64 Å². The fourth-order valence-corrected chi connectivity index (χ4v) is 1.99. The van der Waals surface area contributed by atoms with Crippen LogP contribution >= 0.6 is 11.6 Å². The standard InChI is InChI=1S/C15H13ClN2O/c1-18(12-4-3-5-14(8-12)19-2)13-7-6-11(10-17)15(16)9-13/h3-9H,1-2H3. The summed E-state index contributed by atoms with van der Waals surface area (Å²) < 4.78 is 5.21. The Bertz CT molecular complexity index is 634. The number of hydrogen-bond donors (Lipinski definition) is 0. The average molecular weight is 273 g/mol. The van der Waals surface area contributed by atoms with Gasteiger partial charge in [-0.2, -0.15) is 5.26 Å². The number of nitriles is 1. The summed E-state index contributed by atoms with van der Waals surface area (Å²) in [6, 6.07) is 15.1. The number of anilines is 2. The van der Waals surface area contributed by atoms with Crippen LogP contribution in [-0.2, 0) is 0 Å². The summed E-state index contributed by atoms with van der Waals surface area (Å²) in [5.74, 6) is 0.795. The molecule has 0 saturated heterocycles. The van der Waals surface area contributed by atoms with E-state index in [1.807, 2.05) is 48.3 Å². The molecule has 19 heavy (non-hydrogen) atoms. The largest absolute Gasteiger partial charge is 0.497 e. The van der Waals surface area contributed by atoms with Gasteiger partial charge in [0, 0.05) is 24.5 Å². The Morgan fingerprint density at radius 1 is 1.16 bits per heavy atom. The minimum Gasteiger partial charge on any atom is -0.497 e. The highest BCUT2D eigenvalue weighted by Crippen LogP contribution is 2.29. The fraction of sp³-hybridized carbons (Fsp3) is 0.133. The molecule has 2 aromatic rings. The van der Waals surface area contributed by atoms with Gasteiger partial charge in [-0.1, -0.05) is 17.7 Å². The summed E-state index contributed by atoms with van der Waals surface area (Å²) in [5.41, 5.74) is 2.38. The Morgan fingerprint density at radius 3 is 2.53 bits per heavy atom. The first-order chi connectivity index (χ1) is 9.15. The molecule has 0 bridgehead atoms. The number of methoxy groups -OCH3 is 1. The summed E-state index contributed by atoms with van der Waals surface area (Å²) >= 11 is 6.05. The molecule has 0 spiro atoms. The SMILES string of the molecule is COc1cccc(N(C)c2ccc(C#N)c(Cl)c2)c1. The highest BCUT2D eigenvalue weighted by molar-refractivity contribution is 6.32. The zero-order valence-corrected chi connectivity index (χ0v) is 11.5. The molecule has 0 saturated carbocycles. The van der Waals surface area contributed by atoms with E-state index < -0.39 is 0 Å². The molecule has 0 amide bonds. The third kappa shape index (κ3) is 2.81. The van der Waals surface area contributed by atoms with Crippen molar-refractivity contribution in [2.45, 2.75) is 0 Å². The number of rotatable bonds is 3. The van der Waals surface area contributed by atoms with Gasteiger partial charge in [-0.15, -0.1) is 0 Å². The Morgan fingerprint density at radius 2 is 1.89 bits per heavy atom. The predicted octanol–water partition coefficient (Wildman–Crippen LogP) is 3.99. The Kier molecular flexibility index (Phi) is 3.94. The molecule has 0 radical (unpaired) electrons. The van der Waals surface area contributed by atoms with E-state index in [-0.39, 0.29) is 0 Å². The predicted molar refractivity (Wildman–Crippen MR) is 77.2 cm³/mol. The van der Waals surface area contributed by atoms with E-state index in [4.69, 9.17) is 21.6 Å². The summed E-state index contributed by atoms with van der Waals surface area (Å²) in [4.78, 5) is 1.98. The lowest BCUT2D eigenvalue weighted by Crippen LogP contribution is -2.09. The average Bonchev–Trinajstić information content (AvgIpc) is 2.46. The molecular weight excluding hydrogens is 260 g/mol. The van der Waals surface area contributed by atoms with Crippen molar-refractivity contribution in [3.8, 4) is 11.8 Å². The van der Waals surface area contributed by atoms with Gasteiger partial charge in [-0.3, -0.25) is 0 Å². The van der Waals surface area contributed by atoms with Crippen molar-refractivity contribution in [2.75, 3.05) is 19.1 Å². The van der Waals surface area contributed by atoms with Gasteiger partial charge >= 0.3 is 0 Å². The van der Waals surface area contributed by atoms with Crippen LogP contribution in [0.4, 0.5) is 11.4 Å². The molecule has 0 fully saturated rings. The van der Waals surface area contributed by atoms with Crippen molar-refractivity contribution >= 4 is 23.0 Å². The fourth-order valence-electron chi connectivity index (χ4n) is 1.77. The minimum absolute atomic E-state index is 0.453. The lowest BCUT2D eigenvalue weighted by atomic mass is 10.2. The third-order valence-electron chi connectivity index (χ3n) is 2.90. The molecule has 3 nitrogen and oxygen atoms in total. The molecule has 0 heterocycles. The smallest absolute Gasteiger partial charge is 0.120 e. The van der Waals surface area contributed by atoms with E-state index in [9.17, 15) is 0 Å². The summed E-state index contributed by atoms with van der Waals surface area (Å²) in [5, 5.41) is 9.32. The first-order valence-electron chi connectivity index (χ1n) is 5.73. The molecule has 0 aliphatic rings. The topological polar surface area (TPSA) is 36.3 Å². The molecule has 0 aliphatic heterocycles. The number of nitrogens with zero attached hydrogens (tertiary/aromatic N) is 2. The van der Waals surface area contributed by atoms with Crippen LogP contribution in [0.15, 0.2) is 42.5 Å². The maximum Gasteiger partial charge on any atom is 0.120 e. The van der Waals surface area contributed by atoms with Gasteiger partial charge in [0.05, 0.1) is 17.7 Å². The van der Waals surface area contributed by atoms with E-state index in [2.05, 4.69) is 0 Å². The van der Waals surface area contributed by atoms with Crippen LogP contribution in [0.2, 0.25) is 5.02 Å². The number of halogens is 1. The maximum atomic E-state index is 8.87. The Labute approximate surface area is 117 Å². The Balaban J connectivity index is 2.35. The molecular formula is C15H13ClN2O. The normalized spacial score (nSPS) is 9.79. The van der Waals surface area contributed by atoms with E-state index in [1.165, 1.54) is 0 Å². The van der Waals surface area contributed by atoms with Crippen molar-refractivity contribution < 1.29 is 4.74 Å². The van der Waals surface area contributed by atoms with Gasteiger partial charge in [0.15, 0.2) is 0 Å². The first kappa shape index (κ1) is 13.3. The molecule has 0 aromatic heterocycles. The van der Waals surface area contributed by atoms with Crippen LogP contribution in [0.1, 0.15) is 5.56 Å². The molecule has 96 valence electrons. The zero-order chi connectivity index (χ0) is 13.8. The highest BCUT2D eigenvalue weighted by atomic mass is 35.5. The lowest BCUT2D eigenvalue weighted by Gasteiger charge is -2.20. The molecule has 0 atom stereocenters. The number of hydrogen-bond acceptors (Lipinski definition) is 3.